The van der Waals surface area contributed by atoms with Crippen LogP contribution in [-0.4, -0.2) is 16.1 Å². The van der Waals surface area contributed by atoms with E-state index in [0.717, 1.165) is 16.3 Å². The van der Waals surface area contributed by atoms with E-state index in [0.29, 0.717) is 10.6 Å². The van der Waals surface area contributed by atoms with Gasteiger partial charge in [0.15, 0.2) is 0 Å². The number of nitrogens with one attached hydrogen (secondary N) is 1. The molecule has 0 spiro atoms. The van der Waals surface area contributed by atoms with Crippen molar-refractivity contribution in [3.63, 3.8) is 0 Å². The Labute approximate surface area is 114 Å². The summed E-state index contributed by atoms with van der Waals surface area (Å²) in [4.78, 5) is 14.1. The van der Waals surface area contributed by atoms with Crippen molar-refractivity contribution in [3.05, 3.63) is 59.4 Å². The lowest BCUT2D eigenvalue weighted by atomic mass is 9.98. The van der Waals surface area contributed by atoms with E-state index in [1.807, 2.05) is 30.3 Å². The van der Waals surface area contributed by atoms with Crippen LogP contribution in [0.5, 0.6) is 0 Å². The minimum atomic E-state index is -0.958. The number of carboxylic acids is 1. The Morgan fingerprint density at radius 2 is 1.89 bits per heavy atom. The van der Waals surface area contributed by atoms with E-state index >= 15 is 0 Å². The highest BCUT2D eigenvalue weighted by atomic mass is 35.5. The number of H-pyrrole nitrogens is 1. The minimum absolute atomic E-state index is 0.243. The van der Waals surface area contributed by atoms with E-state index in [9.17, 15) is 9.90 Å². The van der Waals surface area contributed by atoms with Crippen LogP contribution in [0.25, 0.3) is 21.9 Å². The van der Waals surface area contributed by atoms with Gasteiger partial charge in [-0.15, -0.1) is 0 Å². The van der Waals surface area contributed by atoms with Crippen molar-refractivity contribution in [1.82, 2.24) is 4.98 Å². The molecule has 0 aliphatic carbocycles. The molecule has 0 saturated carbocycles. The molecule has 1 aromatic heterocycles. The molecule has 3 nitrogen and oxygen atoms in total. The van der Waals surface area contributed by atoms with E-state index in [4.69, 9.17) is 11.6 Å². The highest BCUT2D eigenvalue weighted by Crippen LogP contribution is 2.33. The molecular weight excluding hydrogens is 262 g/mol. The van der Waals surface area contributed by atoms with Gasteiger partial charge in [0.05, 0.1) is 5.56 Å². The molecule has 4 heteroatoms. The summed E-state index contributed by atoms with van der Waals surface area (Å²) < 4.78 is 0. The van der Waals surface area contributed by atoms with Crippen LogP contribution in [0.15, 0.2) is 48.8 Å². The van der Waals surface area contributed by atoms with Gasteiger partial charge in [-0.2, -0.15) is 0 Å². The van der Waals surface area contributed by atoms with Crippen molar-refractivity contribution in [2.45, 2.75) is 0 Å². The molecule has 0 aliphatic heterocycles. The zero-order chi connectivity index (χ0) is 13.4. The summed E-state index contributed by atoms with van der Waals surface area (Å²) in [5, 5.41) is 11.8. The maximum Gasteiger partial charge on any atom is 0.337 e. The molecule has 0 amide bonds. The summed E-state index contributed by atoms with van der Waals surface area (Å²) in [6.07, 6.45) is 3.16. The molecular formula is C15H10ClNO2. The Morgan fingerprint density at radius 1 is 1.11 bits per heavy atom. The lowest BCUT2D eigenvalue weighted by molar-refractivity contribution is 0.0698. The molecule has 19 heavy (non-hydrogen) atoms. The SMILES string of the molecule is O=C(O)c1c[nH]cc1-c1cc(Cl)cc2ccccc12. The number of aromatic nitrogens is 1. The highest BCUT2D eigenvalue weighted by Gasteiger charge is 2.15. The summed E-state index contributed by atoms with van der Waals surface area (Å²) in [6.45, 7) is 0. The zero-order valence-electron chi connectivity index (χ0n) is 9.85. The number of rotatable bonds is 2. The van der Waals surface area contributed by atoms with Crippen LogP contribution in [0.4, 0.5) is 0 Å². The zero-order valence-corrected chi connectivity index (χ0v) is 10.6. The predicted octanol–water partition coefficient (Wildman–Crippen LogP) is 4.19. The van der Waals surface area contributed by atoms with E-state index in [-0.39, 0.29) is 5.56 Å². The Morgan fingerprint density at radius 3 is 2.68 bits per heavy atom. The van der Waals surface area contributed by atoms with Crippen LogP contribution in [-0.2, 0) is 0 Å². The molecule has 94 valence electrons. The van der Waals surface area contributed by atoms with Gasteiger partial charge in [-0.25, -0.2) is 4.79 Å². The topological polar surface area (TPSA) is 53.1 Å². The molecule has 3 rings (SSSR count). The first-order valence-electron chi connectivity index (χ1n) is 5.75. The number of fused-ring (bicyclic) bond motifs is 1. The summed E-state index contributed by atoms with van der Waals surface area (Å²) in [5.41, 5.74) is 1.71. The average Bonchev–Trinajstić information content (AvgIpc) is 2.86. The number of carbonyl (C=O) groups is 1. The van der Waals surface area contributed by atoms with Crippen molar-refractivity contribution < 1.29 is 9.90 Å². The molecule has 0 radical (unpaired) electrons. The number of benzene rings is 2. The molecule has 0 unspecified atom stereocenters. The van der Waals surface area contributed by atoms with Crippen LogP contribution in [0.2, 0.25) is 5.02 Å². The van der Waals surface area contributed by atoms with Crippen molar-refractivity contribution in [3.8, 4) is 11.1 Å². The van der Waals surface area contributed by atoms with E-state index in [1.54, 1.807) is 12.3 Å². The first-order chi connectivity index (χ1) is 9.16. The van der Waals surface area contributed by atoms with Gasteiger partial charge in [0, 0.05) is 23.0 Å². The van der Waals surface area contributed by atoms with Crippen LogP contribution in [0, 0.1) is 0 Å². The molecule has 2 N–H and O–H groups in total. The fourth-order valence-electron chi connectivity index (χ4n) is 2.26. The van der Waals surface area contributed by atoms with Gasteiger partial charge in [0.1, 0.15) is 0 Å². The second-order valence-corrected chi connectivity index (χ2v) is 4.70. The van der Waals surface area contributed by atoms with Crippen molar-refractivity contribution in [2.24, 2.45) is 0 Å². The molecule has 0 aliphatic rings. The van der Waals surface area contributed by atoms with Crippen LogP contribution in [0.3, 0.4) is 0 Å². The summed E-state index contributed by atoms with van der Waals surface area (Å²) in [6, 6.07) is 11.4. The quantitative estimate of drug-likeness (QED) is 0.734. The Hall–Kier alpha value is -2.26. The standard InChI is InChI=1S/C15H10ClNO2/c16-10-5-9-3-1-2-4-11(9)12(6-10)13-7-17-8-14(13)15(18)19/h1-8,17H,(H,18,19). The Bertz CT molecular complexity index is 777. The van der Waals surface area contributed by atoms with E-state index < -0.39 is 5.97 Å². The average molecular weight is 272 g/mol. The normalized spacial score (nSPS) is 10.8. The fraction of sp³-hybridized carbons (Fsp3) is 0. The lowest BCUT2D eigenvalue weighted by Crippen LogP contribution is -1.96. The summed E-state index contributed by atoms with van der Waals surface area (Å²) in [7, 11) is 0. The second kappa shape index (κ2) is 4.44. The monoisotopic (exact) mass is 271 g/mol. The molecule has 0 bridgehead atoms. The van der Waals surface area contributed by atoms with Gasteiger partial charge in [-0.3, -0.25) is 0 Å². The second-order valence-electron chi connectivity index (χ2n) is 4.26. The first kappa shape index (κ1) is 11.8. The van der Waals surface area contributed by atoms with Gasteiger partial charge in [-0.1, -0.05) is 35.9 Å². The van der Waals surface area contributed by atoms with Crippen LogP contribution in [0.1, 0.15) is 10.4 Å². The third kappa shape index (κ3) is 1.98. The summed E-state index contributed by atoms with van der Waals surface area (Å²) >= 11 is 6.12. The largest absolute Gasteiger partial charge is 0.478 e. The molecule has 2 aromatic carbocycles. The number of halogens is 1. The highest BCUT2D eigenvalue weighted by molar-refractivity contribution is 6.32. The smallest absolute Gasteiger partial charge is 0.337 e. The van der Waals surface area contributed by atoms with Crippen LogP contribution < -0.4 is 0 Å². The molecule has 0 atom stereocenters. The molecule has 0 saturated heterocycles. The minimum Gasteiger partial charge on any atom is -0.478 e. The van der Waals surface area contributed by atoms with E-state index in [2.05, 4.69) is 4.98 Å². The number of aromatic carboxylic acids is 1. The maximum atomic E-state index is 11.2. The third-order valence-corrected chi connectivity index (χ3v) is 3.31. The van der Waals surface area contributed by atoms with Crippen LogP contribution >= 0.6 is 11.6 Å². The number of aromatic amines is 1. The maximum absolute atomic E-state index is 11.2. The van der Waals surface area contributed by atoms with Gasteiger partial charge in [0.25, 0.3) is 0 Å². The van der Waals surface area contributed by atoms with E-state index in [1.165, 1.54) is 6.20 Å². The first-order valence-corrected chi connectivity index (χ1v) is 6.13. The van der Waals surface area contributed by atoms with Gasteiger partial charge >= 0.3 is 5.97 Å². The predicted molar refractivity (Wildman–Crippen MR) is 75.7 cm³/mol. The van der Waals surface area contributed by atoms with Gasteiger partial charge in [-0.05, 0) is 28.5 Å². The lowest BCUT2D eigenvalue weighted by Gasteiger charge is -2.07. The van der Waals surface area contributed by atoms with Crippen molar-refractivity contribution in [1.29, 1.82) is 0 Å². The molecule has 1 heterocycles. The van der Waals surface area contributed by atoms with Gasteiger partial charge in [0.2, 0.25) is 0 Å². The Kier molecular flexibility index (Phi) is 2.76. The number of carboxylic acid groups (broad SMARTS) is 1. The molecule has 3 aromatic rings. The van der Waals surface area contributed by atoms with Gasteiger partial charge < -0.3 is 10.1 Å². The number of hydrogen-bond acceptors (Lipinski definition) is 1. The van der Waals surface area contributed by atoms with Crippen molar-refractivity contribution in [2.75, 3.05) is 0 Å². The van der Waals surface area contributed by atoms with Crippen molar-refractivity contribution >= 4 is 28.3 Å². The third-order valence-electron chi connectivity index (χ3n) is 3.09. The number of hydrogen-bond donors (Lipinski definition) is 2. The fourth-order valence-corrected chi connectivity index (χ4v) is 2.49. The molecule has 0 fully saturated rings. The summed E-state index contributed by atoms with van der Waals surface area (Å²) in [5.74, 6) is -0.958. The Balaban J connectivity index is 2.36.